The van der Waals surface area contributed by atoms with E-state index in [4.69, 9.17) is 15.2 Å². The van der Waals surface area contributed by atoms with Crippen LogP contribution in [-0.4, -0.2) is 29.2 Å². The van der Waals surface area contributed by atoms with Gasteiger partial charge in [-0.1, -0.05) is 0 Å². The van der Waals surface area contributed by atoms with E-state index < -0.39 is 17.9 Å². The zero-order chi connectivity index (χ0) is 19.8. The molecule has 11 heteroatoms. The maximum absolute atomic E-state index is 12.8. The zero-order valence-corrected chi connectivity index (χ0v) is 15.4. The number of hydrogen-bond donors (Lipinski definition) is 2. The summed E-state index contributed by atoms with van der Waals surface area (Å²) in [6, 6.07) is 5.21. The monoisotopic (exact) mass is 399 g/mol. The van der Waals surface area contributed by atoms with Gasteiger partial charge in [0.1, 0.15) is 0 Å². The summed E-state index contributed by atoms with van der Waals surface area (Å²) in [4.78, 5) is 11.1. The van der Waals surface area contributed by atoms with Crippen molar-refractivity contribution in [2.24, 2.45) is 0 Å². The van der Waals surface area contributed by atoms with Crippen LogP contribution in [0.1, 0.15) is 23.7 Å². The quantitative estimate of drug-likeness (QED) is 0.672. The van der Waals surface area contributed by atoms with Crippen LogP contribution in [0.5, 0.6) is 11.5 Å². The van der Waals surface area contributed by atoms with E-state index in [1.807, 2.05) is 12.1 Å². The van der Waals surface area contributed by atoms with E-state index in [9.17, 15) is 13.2 Å². The Morgan fingerprint density at radius 1 is 1.15 bits per heavy atom. The number of nitrogens with two attached hydrogens (primary N) is 1. The van der Waals surface area contributed by atoms with E-state index in [1.165, 1.54) is 11.3 Å². The Bertz CT molecular complexity index is 977. The molecule has 0 aliphatic rings. The minimum Gasteiger partial charge on any atom is -0.493 e. The Kier molecular flexibility index (Phi) is 4.96. The summed E-state index contributed by atoms with van der Waals surface area (Å²) < 4.78 is 50.1. The van der Waals surface area contributed by atoms with E-state index in [0.29, 0.717) is 11.5 Å². The fourth-order valence-corrected chi connectivity index (χ4v) is 3.67. The minimum absolute atomic E-state index is 0.246. The molecule has 0 radical (unpaired) electrons. The van der Waals surface area contributed by atoms with E-state index in [0.717, 1.165) is 15.0 Å². The molecule has 144 valence electrons. The van der Waals surface area contributed by atoms with Gasteiger partial charge in [0.25, 0.3) is 0 Å². The molecule has 1 unspecified atom stereocenters. The number of benzene rings is 1. The topological polar surface area (TPSA) is 95.2 Å². The van der Waals surface area contributed by atoms with Crippen molar-refractivity contribution >= 4 is 33.3 Å². The van der Waals surface area contributed by atoms with Crippen LogP contribution in [-0.2, 0) is 6.18 Å². The Balaban J connectivity index is 1.93. The van der Waals surface area contributed by atoms with Gasteiger partial charge in [-0.2, -0.15) is 28.1 Å². The number of nitrogens with zero attached hydrogens (tertiary/aromatic N) is 3. The Hall–Kier alpha value is -2.82. The summed E-state index contributed by atoms with van der Waals surface area (Å²) in [5.41, 5.74) is 5.37. The van der Waals surface area contributed by atoms with E-state index in [2.05, 4.69) is 20.3 Å². The third kappa shape index (κ3) is 3.82. The smallest absolute Gasteiger partial charge is 0.451 e. The van der Waals surface area contributed by atoms with Gasteiger partial charge in [0.2, 0.25) is 17.7 Å². The second-order valence-electron chi connectivity index (χ2n) is 5.57. The number of anilines is 2. The van der Waals surface area contributed by atoms with Gasteiger partial charge in [0.15, 0.2) is 11.5 Å². The Labute approximate surface area is 156 Å². The molecule has 3 aromatic rings. The molecule has 0 amide bonds. The molecule has 0 bridgehead atoms. The van der Waals surface area contributed by atoms with Crippen LogP contribution in [0.4, 0.5) is 25.1 Å². The average Bonchev–Trinajstić information content (AvgIpc) is 3.03. The first kappa shape index (κ1) is 19.0. The highest BCUT2D eigenvalue weighted by atomic mass is 32.1. The van der Waals surface area contributed by atoms with E-state index in [-0.39, 0.29) is 12.0 Å². The Morgan fingerprint density at radius 3 is 2.52 bits per heavy atom. The lowest BCUT2D eigenvalue weighted by Crippen LogP contribution is -2.17. The summed E-state index contributed by atoms with van der Waals surface area (Å²) in [5.74, 6) is -0.896. The lowest BCUT2D eigenvalue weighted by atomic mass is 10.2. The number of alkyl halides is 3. The number of halogens is 3. The molecule has 0 saturated heterocycles. The summed E-state index contributed by atoms with van der Waals surface area (Å²) in [6.07, 6.45) is -4.71. The molecule has 2 heterocycles. The number of aromatic nitrogens is 3. The van der Waals surface area contributed by atoms with Gasteiger partial charge in [-0.05, 0) is 30.5 Å². The van der Waals surface area contributed by atoms with Crippen molar-refractivity contribution in [1.29, 1.82) is 0 Å². The molecule has 27 heavy (non-hydrogen) atoms. The second kappa shape index (κ2) is 7.06. The maximum atomic E-state index is 12.8. The number of fused-ring (bicyclic) bond motifs is 1. The third-order valence-electron chi connectivity index (χ3n) is 3.73. The molecule has 1 aromatic carbocycles. The Morgan fingerprint density at radius 2 is 1.89 bits per heavy atom. The number of ether oxygens (including phenoxy) is 2. The molecule has 0 fully saturated rings. The van der Waals surface area contributed by atoms with Crippen molar-refractivity contribution in [2.45, 2.75) is 19.1 Å². The second-order valence-corrected chi connectivity index (χ2v) is 6.66. The number of nitrogen functional groups attached to an aromatic ring is 1. The van der Waals surface area contributed by atoms with Crippen LogP contribution in [0.2, 0.25) is 0 Å². The lowest BCUT2D eigenvalue weighted by molar-refractivity contribution is -0.144. The molecule has 0 saturated carbocycles. The molecule has 3 N–H and O–H groups in total. The third-order valence-corrected chi connectivity index (χ3v) is 5.06. The van der Waals surface area contributed by atoms with Crippen molar-refractivity contribution < 1.29 is 22.6 Å². The highest BCUT2D eigenvalue weighted by Gasteiger charge is 2.35. The predicted octanol–water partition coefficient (Wildman–Crippen LogP) is 3.88. The summed E-state index contributed by atoms with van der Waals surface area (Å²) in [5, 5.41) is 3.76. The van der Waals surface area contributed by atoms with Crippen LogP contribution < -0.4 is 20.5 Å². The van der Waals surface area contributed by atoms with Crippen molar-refractivity contribution in [1.82, 2.24) is 15.0 Å². The fraction of sp³-hybridized carbons (Fsp3) is 0.312. The first-order valence-electron chi connectivity index (χ1n) is 7.72. The van der Waals surface area contributed by atoms with Crippen LogP contribution in [0, 0.1) is 0 Å². The molecular weight excluding hydrogens is 383 g/mol. The molecule has 7 nitrogen and oxygen atoms in total. The number of thiophene rings is 1. The largest absolute Gasteiger partial charge is 0.493 e. The SMILES string of the molecule is COc1ccc2cc(C(C)Nc3nc(N)nc(C(F)(F)F)n3)sc2c1OC. The van der Waals surface area contributed by atoms with Gasteiger partial charge in [-0.25, -0.2) is 0 Å². The number of hydrogen-bond acceptors (Lipinski definition) is 8. The first-order chi connectivity index (χ1) is 12.7. The molecule has 1 atom stereocenters. The van der Waals surface area contributed by atoms with Gasteiger partial charge in [0.05, 0.1) is 25.0 Å². The standard InChI is InChI=1S/C16H16F3N5O2S/c1-7(21-15-23-13(16(17,18)19)22-14(20)24-15)10-6-8-4-5-9(25-2)11(26-3)12(8)27-10/h4-7H,1-3H3,(H3,20,21,22,23,24). The van der Waals surface area contributed by atoms with E-state index in [1.54, 1.807) is 27.2 Å². The molecule has 0 aliphatic carbocycles. The highest BCUT2D eigenvalue weighted by Crippen LogP contribution is 2.42. The lowest BCUT2D eigenvalue weighted by Gasteiger charge is -2.13. The molecule has 3 rings (SSSR count). The maximum Gasteiger partial charge on any atom is 0.451 e. The normalized spacial score (nSPS) is 12.8. The van der Waals surface area contributed by atoms with Crippen LogP contribution >= 0.6 is 11.3 Å². The average molecular weight is 399 g/mol. The minimum atomic E-state index is -4.71. The zero-order valence-electron chi connectivity index (χ0n) is 14.6. The number of rotatable bonds is 5. The van der Waals surface area contributed by atoms with Crippen LogP contribution in [0.25, 0.3) is 10.1 Å². The number of nitrogens with one attached hydrogen (secondary N) is 1. The van der Waals surface area contributed by atoms with Crippen LogP contribution in [0.3, 0.4) is 0 Å². The van der Waals surface area contributed by atoms with Crippen molar-refractivity contribution in [3.8, 4) is 11.5 Å². The summed E-state index contributed by atoms with van der Waals surface area (Å²) in [6.45, 7) is 1.78. The number of methoxy groups -OCH3 is 2. The van der Waals surface area contributed by atoms with Crippen molar-refractivity contribution in [3.63, 3.8) is 0 Å². The van der Waals surface area contributed by atoms with Gasteiger partial charge in [0, 0.05) is 4.88 Å². The molecule has 0 spiro atoms. The van der Waals surface area contributed by atoms with Gasteiger partial charge in [-0.3, -0.25) is 0 Å². The first-order valence-corrected chi connectivity index (χ1v) is 8.54. The highest BCUT2D eigenvalue weighted by molar-refractivity contribution is 7.19. The summed E-state index contributed by atoms with van der Waals surface area (Å²) in [7, 11) is 3.09. The van der Waals surface area contributed by atoms with Crippen molar-refractivity contribution in [3.05, 3.63) is 28.9 Å². The molecular formula is C16H16F3N5O2S. The fourth-order valence-electron chi connectivity index (χ4n) is 2.50. The van der Waals surface area contributed by atoms with Gasteiger partial charge >= 0.3 is 6.18 Å². The summed E-state index contributed by atoms with van der Waals surface area (Å²) >= 11 is 1.43. The van der Waals surface area contributed by atoms with Crippen LogP contribution in [0.15, 0.2) is 18.2 Å². The van der Waals surface area contributed by atoms with Gasteiger partial charge < -0.3 is 20.5 Å². The van der Waals surface area contributed by atoms with Crippen molar-refractivity contribution in [2.75, 3.05) is 25.3 Å². The van der Waals surface area contributed by atoms with Gasteiger partial charge in [-0.15, -0.1) is 11.3 Å². The molecule has 2 aromatic heterocycles. The predicted molar refractivity (Wildman–Crippen MR) is 96.2 cm³/mol. The van der Waals surface area contributed by atoms with E-state index >= 15 is 0 Å². The molecule has 0 aliphatic heterocycles.